The highest BCUT2D eigenvalue weighted by Gasteiger charge is 2.36. The van der Waals surface area contributed by atoms with Gasteiger partial charge in [-0.1, -0.05) is 39.5 Å². The molecule has 4 N–H and O–H groups in total. The van der Waals surface area contributed by atoms with Gasteiger partial charge in [-0.15, -0.1) is 0 Å². The summed E-state index contributed by atoms with van der Waals surface area (Å²) in [6.45, 7) is 23.1. The first-order valence-corrected chi connectivity index (χ1v) is 16.3. The van der Waals surface area contributed by atoms with Crippen LogP contribution >= 0.6 is 0 Å². The smallest absolute Gasteiger partial charge is 0.333 e. The van der Waals surface area contributed by atoms with Crippen molar-refractivity contribution in [1.29, 1.82) is 0 Å². The number of aliphatic hydroxyl groups is 4. The summed E-state index contributed by atoms with van der Waals surface area (Å²) in [6, 6.07) is 0. The van der Waals surface area contributed by atoms with Crippen LogP contribution in [0.25, 0.3) is 0 Å². The van der Waals surface area contributed by atoms with Gasteiger partial charge in [0.1, 0.15) is 39.6 Å². The number of hydrogen-bond donors (Lipinski definition) is 4. The molecule has 18 heteroatoms. The lowest BCUT2D eigenvalue weighted by Gasteiger charge is -2.30. The molecule has 0 aromatic heterocycles. The maximum Gasteiger partial charge on any atom is 0.333 e. The molecule has 0 bridgehead atoms. The number of aliphatic hydroxyl groups excluding tert-OH is 4. The zero-order chi connectivity index (χ0) is 42.9. The second-order valence-electron chi connectivity index (χ2n) is 11.5. The third-order valence-electron chi connectivity index (χ3n) is 6.15. The molecule has 312 valence electrons. The van der Waals surface area contributed by atoms with Gasteiger partial charge in [0.15, 0.2) is 0 Å². The number of esters is 6. The third-order valence-corrected chi connectivity index (χ3v) is 6.15. The Morgan fingerprint density at radius 2 is 0.691 bits per heavy atom. The lowest BCUT2D eigenvalue weighted by atomic mass is 9.92. The van der Waals surface area contributed by atoms with E-state index in [0.717, 1.165) is 18.2 Å². The van der Waals surface area contributed by atoms with Crippen molar-refractivity contribution in [3.63, 3.8) is 0 Å². The van der Waals surface area contributed by atoms with Crippen LogP contribution in [0.3, 0.4) is 0 Å². The SMILES string of the molecule is C=C(C)C(=O)OCC(CO)(COC(=O)C(=C)C)COC(=O)C(=C)C.C=CC(=O)OCC(CO)(COC(=O)C=C)COC(=O)C=C.OCCOCCOCCO. The molecule has 0 aliphatic carbocycles. The third kappa shape index (κ3) is 28.2. The molecule has 0 aliphatic heterocycles. The molecule has 18 nitrogen and oxygen atoms in total. The van der Waals surface area contributed by atoms with Crippen molar-refractivity contribution in [2.45, 2.75) is 20.8 Å². The summed E-state index contributed by atoms with van der Waals surface area (Å²) >= 11 is 0. The Morgan fingerprint density at radius 3 is 0.873 bits per heavy atom. The van der Waals surface area contributed by atoms with Crippen LogP contribution in [-0.2, 0) is 66.7 Å². The van der Waals surface area contributed by atoms with Crippen molar-refractivity contribution >= 4 is 35.8 Å². The molecule has 0 radical (unpaired) electrons. The second-order valence-corrected chi connectivity index (χ2v) is 11.5. The molecular formula is C37H56O18. The highest BCUT2D eigenvalue weighted by molar-refractivity contribution is 5.88. The quantitative estimate of drug-likeness (QED) is 0.0382. The van der Waals surface area contributed by atoms with Crippen LogP contribution in [0.5, 0.6) is 0 Å². The molecular weight excluding hydrogens is 732 g/mol. The van der Waals surface area contributed by atoms with E-state index >= 15 is 0 Å². The van der Waals surface area contributed by atoms with Crippen LogP contribution in [0.2, 0.25) is 0 Å². The molecule has 0 rings (SSSR count). The van der Waals surface area contributed by atoms with Crippen molar-refractivity contribution in [1.82, 2.24) is 0 Å². The van der Waals surface area contributed by atoms with E-state index in [0.29, 0.717) is 26.4 Å². The van der Waals surface area contributed by atoms with Crippen molar-refractivity contribution in [2.75, 3.05) is 92.5 Å². The van der Waals surface area contributed by atoms with Gasteiger partial charge in [-0.2, -0.15) is 0 Å². The summed E-state index contributed by atoms with van der Waals surface area (Å²) in [5, 5.41) is 35.7. The molecule has 55 heavy (non-hydrogen) atoms. The number of carbonyl (C=O) groups excluding carboxylic acids is 6. The average molecular weight is 789 g/mol. The zero-order valence-electron chi connectivity index (χ0n) is 31.9. The fourth-order valence-electron chi connectivity index (χ4n) is 2.85. The zero-order valence-corrected chi connectivity index (χ0v) is 31.9. The number of hydrogen-bond acceptors (Lipinski definition) is 18. The molecule has 0 atom stereocenters. The predicted octanol–water partition coefficient (Wildman–Crippen LogP) is 0.480. The average Bonchev–Trinajstić information content (AvgIpc) is 3.18. The minimum absolute atomic E-state index is 0.0417. The molecule has 0 aromatic carbocycles. The van der Waals surface area contributed by atoms with E-state index < -0.39 is 59.9 Å². The Balaban J connectivity index is -0.000000796. The summed E-state index contributed by atoms with van der Waals surface area (Å²) in [5.74, 6) is -4.20. The molecule has 0 unspecified atom stereocenters. The summed E-state index contributed by atoms with van der Waals surface area (Å²) in [7, 11) is 0. The fourth-order valence-corrected chi connectivity index (χ4v) is 2.85. The van der Waals surface area contributed by atoms with Gasteiger partial charge in [-0.25, -0.2) is 28.8 Å². The van der Waals surface area contributed by atoms with Crippen LogP contribution in [-0.4, -0.2) is 149 Å². The Kier molecular flexibility index (Phi) is 32.1. The minimum atomic E-state index is -1.30. The first kappa shape index (κ1) is 54.4. The maximum absolute atomic E-state index is 11.6. The summed E-state index contributed by atoms with van der Waals surface area (Å²) in [5.41, 5.74) is -2.09. The predicted molar refractivity (Wildman–Crippen MR) is 196 cm³/mol. The Morgan fingerprint density at radius 1 is 0.455 bits per heavy atom. The maximum atomic E-state index is 11.6. The molecule has 0 aliphatic rings. The van der Waals surface area contributed by atoms with Crippen LogP contribution in [0.1, 0.15) is 20.8 Å². The molecule has 0 saturated carbocycles. The molecule has 0 saturated heterocycles. The van der Waals surface area contributed by atoms with E-state index in [4.69, 9.17) is 48.1 Å². The molecule has 0 amide bonds. The van der Waals surface area contributed by atoms with Crippen molar-refractivity contribution in [3.05, 3.63) is 74.4 Å². The lowest BCUT2D eigenvalue weighted by molar-refractivity contribution is -0.162. The normalized spacial score (nSPS) is 10.3. The van der Waals surface area contributed by atoms with Crippen molar-refractivity contribution < 1.29 is 87.1 Å². The second kappa shape index (κ2) is 32.5. The van der Waals surface area contributed by atoms with Crippen molar-refractivity contribution in [2.24, 2.45) is 10.8 Å². The summed E-state index contributed by atoms with van der Waals surface area (Å²) in [4.78, 5) is 67.9. The summed E-state index contributed by atoms with van der Waals surface area (Å²) in [6.07, 6.45) is 2.81. The van der Waals surface area contributed by atoms with Gasteiger partial charge in [0.2, 0.25) is 0 Å². The van der Waals surface area contributed by atoms with Crippen molar-refractivity contribution in [3.8, 4) is 0 Å². The number of ether oxygens (including phenoxy) is 8. The monoisotopic (exact) mass is 788 g/mol. The van der Waals surface area contributed by atoms with Gasteiger partial charge < -0.3 is 58.3 Å². The van der Waals surface area contributed by atoms with E-state index in [-0.39, 0.29) is 69.6 Å². The van der Waals surface area contributed by atoms with E-state index in [9.17, 15) is 39.0 Å². The molecule has 0 fully saturated rings. The van der Waals surface area contributed by atoms with E-state index in [1.165, 1.54) is 20.8 Å². The van der Waals surface area contributed by atoms with Crippen LogP contribution in [0.15, 0.2) is 74.4 Å². The largest absolute Gasteiger partial charge is 0.462 e. The fraction of sp³-hybridized carbons (Fsp3) is 0.514. The first-order valence-electron chi connectivity index (χ1n) is 16.3. The van der Waals surface area contributed by atoms with Gasteiger partial charge >= 0.3 is 35.8 Å². The molecule has 0 heterocycles. The van der Waals surface area contributed by atoms with E-state index in [2.05, 4.69) is 39.5 Å². The first-order chi connectivity index (χ1) is 25.9. The van der Waals surface area contributed by atoms with Gasteiger partial charge in [-0.05, 0) is 20.8 Å². The standard InChI is InChI=1S/C17H24O7.C14H18O7.C6H14O4/c1-11(2)14(19)22-8-17(7-18,9-23-15(20)12(3)4)10-24-16(21)13(5)6;1-4-11(16)19-8-14(7-15,9-20-12(17)5-2)10-21-13(18)6-3;7-1-3-9-5-6-10-4-2-8/h18H,1,3,5,7-10H2,2,4,6H3;4-6,15H,1-3,7-10H2;7-8H,1-6H2. The highest BCUT2D eigenvalue weighted by Crippen LogP contribution is 2.21. The van der Waals surface area contributed by atoms with Gasteiger partial charge in [-0.3, -0.25) is 0 Å². The Labute approximate surface area is 321 Å². The molecule has 0 aromatic rings. The topological polar surface area (TPSA) is 257 Å². The Hall–Kier alpha value is -4.98. The van der Waals surface area contributed by atoms with Crippen LogP contribution in [0.4, 0.5) is 0 Å². The lowest BCUT2D eigenvalue weighted by Crippen LogP contribution is -2.42. The van der Waals surface area contributed by atoms with E-state index in [1.807, 2.05) is 0 Å². The van der Waals surface area contributed by atoms with E-state index in [1.54, 1.807) is 0 Å². The van der Waals surface area contributed by atoms with Gasteiger partial charge in [0, 0.05) is 34.9 Å². The highest BCUT2D eigenvalue weighted by atomic mass is 16.6. The van der Waals surface area contributed by atoms with Crippen LogP contribution < -0.4 is 0 Å². The number of rotatable bonds is 27. The minimum Gasteiger partial charge on any atom is -0.462 e. The van der Waals surface area contributed by atoms with Crippen LogP contribution in [0, 0.1) is 10.8 Å². The number of carbonyl (C=O) groups is 6. The Bertz CT molecular complexity index is 1140. The molecule has 0 spiro atoms. The van der Waals surface area contributed by atoms with Gasteiger partial charge in [0.25, 0.3) is 0 Å². The van der Waals surface area contributed by atoms with Gasteiger partial charge in [0.05, 0.1) is 63.7 Å². The summed E-state index contributed by atoms with van der Waals surface area (Å²) < 4.78 is 39.3.